The summed E-state index contributed by atoms with van der Waals surface area (Å²) in [7, 11) is 1.17. The molecule has 0 aromatic heterocycles. The van der Waals surface area contributed by atoms with Crippen LogP contribution in [0.2, 0.25) is 0 Å². The zero-order valence-corrected chi connectivity index (χ0v) is 15.2. The highest BCUT2D eigenvalue weighted by atomic mass is 79.9. The maximum absolute atomic E-state index is 12.8. The van der Waals surface area contributed by atoms with Crippen molar-refractivity contribution in [2.45, 2.75) is 18.6 Å². The molecular formula is C18H15BrF3NO3. The van der Waals surface area contributed by atoms with Crippen LogP contribution in [0.5, 0.6) is 0 Å². The lowest BCUT2D eigenvalue weighted by Gasteiger charge is -2.17. The Bertz CT molecular complexity index is 791. The van der Waals surface area contributed by atoms with Gasteiger partial charge in [-0.25, -0.2) is 4.79 Å². The molecule has 0 fully saturated rings. The van der Waals surface area contributed by atoms with E-state index in [2.05, 4.69) is 26.0 Å². The van der Waals surface area contributed by atoms with E-state index in [1.165, 1.54) is 13.2 Å². The number of ether oxygens (including phenoxy) is 1. The van der Waals surface area contributed by atoms with Crippen LogP contribution in [0.1, 0.15) is 21.5 Å². The maximum Gasteiger partial charge on any atom is 0.416 e. The van der Waals surface area contributed by atoms with Gasteiger partial charge in [-0.05, 0) is 35.9 Å². The largest absolute Gasteiger partial charge is 0.467 e. The van der Waals surface area contributed by atoms with Gasteiger partial charge in [-0.1, -0.05) is 34.1 Å². The summed E-state index contributed by atoms with van der Waals surface area (Å²) in [6.45, 7) is 0. The average molecular weight is 430 g/mol. The molecule has 0 aliphatic carbocycles. The van der Waals surface area contributed by atoms with Crippen LogP contribution in [0.25, 0.3) is 0 Å². The first-order valence-corrected chi connectivity index (χ1v) is 8.30. The molecule has 2 aromatic rings. The molecule has 0 unspecified atom stereocenters. The van der Waals surface area contributed by atoms with Gasteiger partial charge in [-0.2, -0.15) is 13.2 Å². The van der Waals surface area contributed by atoms with E-state index in [1.807, 2.05) is 0 Å². The standard InChI is InChI=1S/C18H15BrF3NO3/c1-26-17(25)15(9-11-5-7-14(19)8-6-11)23-16(24)12-3-2-4-13(10-12)18(20,21)22/h2-8,10,15H,9H2,1H3,(H,23,24)/t15-/m1/s1. The van der Waals surface area contributed by atoms with Crippen LogP contribution in [-0.4, -0.2) is 25.0 Å². The van der Waals surface area contributed by atoms with Crippen LogP contribution in [0.3, 0.4) is 0 Å². The lowest BCUT2D eigenvalue weighted by Crippen LogP contribution is -2.43. The summed E-state index contributed by atoms with van der Waals surface area (Å²) in [6.07, 6.45) is -4.42. The molecule has 138 valence electrons. The fourth-order valence-electron chi connectivity index (χ4n) is 2.27. The Hall–Kier alpha value is -2.35. The van der Waals surface area contributed by atoms with Crippen molar-refractivity contribution in [2.24, 2.45) is 0 Å². The number of carbonyl (C=O) groups is 2. The third-order valence-corrected chi connectivity index (χ3v) is 4.12. The number of hydrogen-bond acceptors (Lipinski definition) is 3. The van der Waals surface area contributed by atoms with Crippen molar-refractivity contribution in [1.29, 1.82) is 0 Å². The fourth-order valence-corrected chi connectivity index (χ4v) is 2.53. The predicted molar refractivity (Wildman–Crippen MR) is 92.6 cm³/mol. The normalized spacial score (nSPS) is 12.3. The van der Waals surface area contributed by atoms with Gasteiger partial charge in [0.1, 0.15) is 6.04 Å². The molecule has 0 aliphatic rings. The van der Waals surface area contributed by atoms with Crippen molar-refractivity contribution in [3.63, 3.8) is 0 Å². The molecule has 0 radical (unpaired) electrons. The van der Waals surface area contributed by atoms with Crippen molar-refractivity contribution in [3.05, 3.63) is 69.7 Å². The van der Waals surface area contributed by atoms with E-state index in [9.17, 15) is 22.8 Å². The van der Waals surface area contributed by atoms with Crippen LogP contribution in [0.15, 0.2) is 53.0 Å². The van der Waals surface area contributed by atoms with Crippen molar-refractivity contribution < 1.29 is 27.5 Å². The molecule has 2 rings (SSSR count). The topological polar surface area (TPSA) is 55.4 Å². The van der Waals surface area contributed by atoms with Crippen LogP contribution >= 0.6 is 15.9 Å². The average Bonchev–Trinajstić information content (AvgIpc) is 2.61. The molecule has 0 spiro atoms. The minimum atomic E-state index is -4.56. The Morgan fingerprint density at radius 2 is 1.81 bits per heavy atom. The monoisotopic (exact) mass is 429 g/mol. The molecule has 0 saturated carbocycles. The third kappa shape index (κ3) is 5.32. The van der Waals surface area contributed by atoms with Gasteiger partial charge < -0.3 is 10.1 Å². The minimum Gasteiger partial charge on any atom is -0.467 e. The zero-order valence-electron chi connectivity index (χ0n) is 13.6. The second kappa shape index (κ2) is 8.35. The maximum atomic E-state index is 12.8. The number of halogens is 4. The second-order valence-corrected chi connectivity index (χ2v) is 6.37. The lowest BCUT2D eigenvalue weighted by molar-refractivity contribution is -0.143. The van der Waals surface area contributed by atoms with E-state index in [-0.39, 0.29) is 12.0 Å². The number of amides is 1. The summed E-state index contributed by atoms with van der Waals surface area (Å²) < 4.78 is 43.9. The van der Waals surface area contributed by atoms with Gasteiger partial charge in [-0.15, -0.1) is 0 Å². The molecule has 0 heterocycles. The quantitative estimate of drug-likeness (QED) is 0.731. The highest BCUT2D eigenvalue weighted by Crippen LogP contribution is 2.29. The summed E-state index contributed by atoms with van der Waals surface area (Å²) >= 11 is 3.29. The summed E-state index contributed by atoms with van der Waals surface area (Å²) in [5, 5.41) is 2.43. The number of nitrogens with one attached hydrogen (secondary N) is 1. The predicted octanol–water partition coefficient (Wildman–Crippen LogP) is 3.98. The van der Waals surface area contributed by atoms with Crippen molar-refractivity contribution >= 4 is 27.8 Å². The number of rotatable bonds is 5. The Balaban J connectivity index is 2.18. The molecule has 1 N–H and O–H groups in total. The highest BCUT2D eigenvalue weighted by Gasteiger charge is 2.31. The molecule has 0 bridgehead atoms. The molecule has 26 heavy (non-hydrogen) atoms. The first-order valence-electron chi connectivity index (χ1n) is 7.51. The molecule has 1 amide bonds. The first-order chi connectivity index (χ1) is 12.2. The number of esters is 1. The number of hydrogen-bond donors (Lipinski definition) is 1. The van der Waals surface area contributed by atoms with E-state index >= 15 is 0 Å². The van der Waals surface area contributed by atoms with Crippen LogP contribution < -0.4 is 5.32 Å². The van der Waals surface area contributed by atoms with E-state index in [1.54, 1.807) is 24.3 Å². The van der Waals surface area contributed by atoms with Crippen LogP contribution in [0, 0.1) is 0 Å². The summed E-state index contributed by atoms with van der Waals surface area (Å²) in [4.78, 5) is 24.3. The number of methoxy groups -OCH3 is 1. The van der Waals surface area contributed by atoms with Gasteiger partial charge in [0.25, 0.3) is 5.91 Å². The molecule has 1 atom stereocenters. The van der Waals surface area contributed by atoms with E-state index in [4.69, 9.17) is 0 Å². The number of carbonyl (C=O) groups excluding carboxylic acids is 2. The Morgan fingerprint density at radius 1 is 1.15 bits per heavy atom. The molecular weight excluding hydrogens is 415 g/mol. The van der Waals surface area contributed by atoms with Gasteiger partial charge in [-0.3, -0.25) is 4.79 Å². The molecule has 2 aromatic carbocycles. The minimum absolute atomic E-state index is 0.144. The van der Waals surface area contributed by atoms with Gasteiger partial charge in [0.2, 0.25) is 0 Å². The van der Waals surface area contributed by atoms with Gasteiger partial charge in [0.05, 0.1) is 12.7 Å². The second-order valence-electron chi connectivity index (χ2n) is 5.46. The molecule has 0 aliphatic heterocycles. The summed E-state index contributed by atoms with van der Waals surface area (Å²) in [5.41, 5.74) is -0.370. The van der Waals surface area contributed by atoms with Gasteiger partial charge >= 0.3 is 12.1 Å². The Kier molecular flexibility index (Phi) is 6.42. The van der Waals surface area contributed by atoms with Crippen molar-refractivity contribution in [1.82, 2.24) is 5.32 Å². The Morgan fingerprint density at radius 3 is 2.38 bits per heavy atom. The van der Waals surface area contributed by atoms with Crippen molar-refractivity contribution in [3.8, 4) is 0 Å². The zero-order chi connectivity index (χ0) is 19.3. The SMILES string of the molecule is COC(=O)[C@@H](Cc1ccc(Br)cc1)NC(=O)c1cccc(C(F)(F)F)c1. The number of benzene rings is 2. The van der Waals surface area contributed by atoms with E-state index in [0.29, 0.717) is 0 Å². The van der Waals surface area contributed by atoms with E-state index < -0.39 is 29.7 Å². The van der Waals surface area contributed by atoms with Gasteiger partial charge in [0.15, 0.2) is 0 Å². The van der Waals surface area contributed by atoms with Gasteiger partial charge in [0, 0.05) is 16.5 Å². The number of alkyl halides is 3. The summed E-state index contributed by atoms with van der Waals surface area (Å²) in [5.74, 6) is -1.48. The highest BCUT2D eigenvalue weighted by molar-refractivity contribution is 9.10. The van der Waals surface area contributed by atoms with Crippen molar-refractivity contribution in [2.75, 3.05) is 7.11 Å². The molecule has 8 heteroatoms. The first kappa shape index (κ1) is 20.0. The molecule has 0 saturated heterocycles. The summed E-state index contributed by atoms with van der Waals surface area (Å²) in [6, 6.07) is 10.0. The van der Waals surface area contributed by atoms with E-state index in [0.717, 1.165) is 28.2 Å². The molecule has 4 nitrogen and oxygen atoms in total. The van der Waals surface area contributed by atoms with Crippen LogP contribution in [0.4, 0.5) is 13.2 Å². The lowest BCUT2D eigenvalue weighted by atomic mass is 10.0. The van der Waals surface area contributed by atoms with Crippen LogP contribution in [-0.2, 0) is 22.1 Å². The Labute approximate surface area is 156 Å². The third-order valence-electron chi connectivity index (χ3n) is 3.60. The fraction of sp³-hybridized carbons (Fsp3) is 0.222. The smallest absolute Gasteiger partial charge is 0.416 e.